The second kappa shape index (κ2) is 3.72. The highest BCUT2D eigenvalue weighted by Crippen LogP contribution is 2.37. The topological polar surface area (TPSA) is 38.9 Å². The van der Waals surface area contributed by atoms with Crippen molar-refractivity contribution in [2.24, 2.45) is 0 Å². The van der Waals surface area contributed by atoms with E-state index in [1.807, 2.05) is 0 Å². The van der Waals surface area contributed by atoms with E-state index in [9.17, 15) is 13.2 Å². The number of rotatable bonds is 1. The van der Waals surface area contributed by atoms with Gasteiger partial charge >= 0.3 is 6.18 Å². The highest BCUT2D eigenvalue weighted by Gasteiger charge is 2.36. The number of pyridine rings is 1. The summed E-state index contributed by atoms with van der Waals surface area (Å²) < 4.78 is 38.2. The molecule has 1 heterocycles. The van der Waals surface area contributed by atoms with Crippen LogP contribution in [0.1, 0.15) is 36.6 Å². The fourth-order valence-corrected chi connectivity index (χ4v) is 1.55. The summed E-state index contributed by atoms with van der Waals surface area (Å²) in [5.74, 6) is -0.102. The Bertz CT molecular complexity index is 370. The van der Waals surface area contributed by atoms with Gasteiger partial charge < -0.3 is 5.73 Å². The van der Waals surface area contributed by atoms with Gasteiger partial charge in [0.1, 0.15) is 5.82 Å². The van der Waals surface area contributed by atoms with Crippen LogP contribution < -0.4 is 5.73 Å². The van der Waals surface area contributed by atoms with Gasteiger partial charge in [-0.05, 0) is 24.5 Å². The van der Waals surface area contributed by atoms with Gasteiger partial charge in [0.25, 0.3) is 0 Å². The van der Waals surface area contributed by atoms with E-state index in [-0.39, 0.29) is 23.0 Å². The molecule has 0 aliphatic heterocycles. The lowest BCUT2D eigenvalue weighted by Gasteiger charge is -2.17. The first-order valence-electron chi connectivity index (χ1n) is 4.57. The Kier molecular flexibility index (Phi) is 2.93. The minimum absolute atomic E-state index is 0.0637. The Morgan fingerprint density at radius 1 is 1.33 bits per heavy atom. The Morgan fingerprint density at radius 2 is 1.87 bits per heavy atom. The standard InChI is InChI=1S/C10H13F3N2/c1-5(2)7-4-8(14)15-6(3)9(7)10(11,12)13/h4-5H,1-3H3,(H2,14,15). The number of hydrogen-bond donors (Lipinski definition) is 1. The lowest BCUT2D eigenvalue weighted by atomic mass is 9.96. The highest BCUT2D eigenvalue weighted by molar-refractivity contribution is 5.43. The summed E-state index contributed by atoms with van der Waals surface area (Å²) in [6, 6.07) is 1.29. The van der Waals surface area contributed by atoms with Gasteiger partial charge in [0.15, 0.2) is 0 Å². The Balaban J connectivity index is 3.48. The van der Waals surface area contributed by atoms with Crippen molar-refractivity contribution < 1.29 is 13.2 Å². The summed E-state index contributed by atoms with van der Waals surface area (Å²) in [7, 11) is 0. The number of halogens is 3. The molecule has 0 saturated heterocycles. The molecular formula is C10H13F3N2. The molecule has 84 valence electrons. The monoisotopic (exact) mass is 218 g/mol. The van der Waals surface area contributed by atoms with Crippen LogP contribution in [0.15, 0.2) is 6.07 Å². The summed E-state index contributed by atoms with van der Waals surface area (Å²) in [4.78, 5) is 3.64. The van der Waals surface area contributed by atoms with Gasteiger partial charge in [-0.2, -0.15) is 13.2 Å². The third-order valence-corrected chi connectivity index (χ3v) is 2.16. The zero-order valence-corrected chi connectivity index (χ0v) is 8.81. The van der Waals surface area contributed by atoms with Crippen LogP contribution in [0, 0.1) is 6.92 Å². The van der Waals surface area contributed by atoms with Crippen molar-refractivity contribution in [3.8, 4) is 0 Å². The summed E-state index contributed by atoms with van der Waals surface area (Å²) in [5.41, 5.74) is 4.91. The van der Waals surface area contributed by atoms with Gasteiger partial charge in [-0.3, -0.25) is 0 Å². The molecule has 2 N–H and O–H groups in total. The SMILES string of the molecule is Cc1nc(N)cc(C(C)C)c1C(F)(F)F. The average molecular weight is 218 g/mol. The second-order valence-corrected chi connectivity index (χ2v) is 3.75. The van der Waals surface area contributed by atoms with Crippen LogP contribution in [0.3, 0.4) is 0 Å². The van der Waals surface area contributed by atoms with Gasteiger partial charge in [-0.25, -0.2) is 4.98 Å². The van der Waals surface area contributed by atoms with Crippen molar-refractivity contribution in [3.63, 3.8) is 0 Å². The number of nitrogens with two attached hydrogens (primary N) is 1. The Morgan fingerprint density at radius 3 is 2.27 bits per heavy atom. The van der Waals surface area contributed by atoms with E-state index in [1.54, 1.807) is 13.8 Å². The predicted octanol–water partition coefficient (Wildman–Crippen LogP) is 3.11. The Labute approximate surface area is 86.3 Å². The number of alkyl halides is 3. The number of nitrogen functional groups attached to an aromatic ring is 1. The number of aryl methyl sites for hydroxylation is 1. The quantitative estimate of drug-likeness (QED) is 0.786. The molecule has 15 heavy (non-hydrogen) atoms. The number of anilines is 1. The van der Waals surface area contributed by atoms with Crippen LogP contribution in [0.4, 0.5) is 19.0 Å². The molecule has 0 unspecified atom stereocenters. The molecule has 0 aromatic carbocycles. The molecule has 0 aliphatic rings. The van der Waals surface area contributed by atoms with Gasteiger partial charge in [-0.15, -0.1) is 0 Å². The number of aromatic nitrogens is 1. The molecule has 0 aliphatic carbocycles. The van der Waals surface area contributed by atoms with E-state index in [0.717, 1.165) is 0 Å². The smallest absolute Gasteiger partial charge is 0.384 e. The van der Waals surface area contributed by atoms with E-state index < -0.39 is 11.7 Å². The fourth-order valence-electron chi connectivity index (χ4n) is 1.55. The van der Waals surface area contributed by atoms with Crippen LogP contribution in [0.25, 0.3) is 0 Å². The van der Waals surface area contributed by atoms with E-state index in [1.165, 1.54) is 13.0 Å². The molecule has 0 bridgehead atoms. The molecule has 0 spiro atoms. The first-order valence-corrected chi connectivity index (χ1v) is 4.57. The van der Waals surface area contributed by atoms with Gasteiger partial charge in [0.05, 0.1) is 11.3 Å². The lowest BCUT2D eigenvalue weighted by Crippen LogP contribution is -2.14. The van der Waals surface area contributed by atoms with Crippen molar-refractivity contribution in [1.29, 1.82) is 0 Å². The molecule has 1 rings (SSSR count). The predicted molar refractivity (Wildman–Crippen MR) is 52.5 cm³/mol. The van der Waals surface area contributed by atoms with E-state index in [2.05, 4.69) is 4.98 Å². The summed E-state index contributed by atoms with van der Waals surface area (Å²) in [6.07, 6.45) is -4.37. The van der Waals surface area contributed by atoms with Gasteiger partial charge in [-0.1, -0.05) is 13.8 Å². The normalized spacial score (nSPS) is 12.2. The Hall–Kier alpha value is -1.26. The van der Waals surface area contributed by atoms with Crippen molar-refractivity contribution in [1.82, 2.24) is 4.98 Å². The minimum Gasteiger partial charge on any atom is -0.384 e. The maximum atomic E-state index is 12.7. The molecule has 0 fully saturated rings. The fraction of sp³-hybridized carbons (Fsp3) is 0.500. The van der Waals surface area contributed by atoms with E-state index in [4.69, 9.17) is 5.73 Å². The van der Waals surface area contributed by atoms with Crippen molar-refractivity contribution >= 4 is 5.82 Å². The van der Waals surface area contributed by atoms with E-state index >= 15 is 0 Å². The third-order valence-electron chi connectivity index (χ3n) is 2.16. The molecule has 0 amide bonds. The van der Waals surface area contributed by atoms with Crippen molar-refractivity contribution in [3.05, 3.63) is 22.9 Å². The van der Waals surface area contributed by atoms with Crippen LogP contribution in [0.5, 0.6) is 0 Å². The molecule has 5 heteroatoms. The molecule has 0 radical (unpaired) electrons. The molecule has 1 aromatic rings. The first-order chi connectivity index (χ1) is 6.73. The molecule has 0 saturated carbocycles. The zero-order chi connectivity index (χ0) is 11.8. The van der Waals surface area contributed by atoms with Gasteiger partial charge in [0, 0.05) is 0 Å². The summed E-state index contributed by atoms with van der Waals surface area (Å²) in [5, 5.41) is 0. The third kappa shape index (κ3) is 2.40. The minimum atomic E-state index is -4.37. The summed E-state index contributed by atoms with van der Waals surface area (Å²) in [6.45, 7) is 4.72. The maximum Gasteiger partial charge on any atom is 0.418 e. The van der Waals surface area contributed by atoms with Crippen molar-refractivity contribution in [2.45, 2.75) is 32.9 Å². The number of hydrogen-bond acceptors (Lipinski definition) is 2. The van der Waals surface area contributed by atoms with Crippen LogP contribution in [-0.4, -0.2) is 4.98 Å². The van der Waals surface area contributed by atoms with Crippen LogP contribution >= 0.6 is 0 Å². The van der Waals surface area contributed by atoms with Crippen LogP contribution in [0.2, 0.25) is 0 Å². The largest absolute Gasteiger partial charge is 0.418 e. The maximum absolute atomic E-state index is 12.7. The summed E-state index contributed by atoms with van der Waals surface area (Å²) >= 11 is 0. The lowest BCUT2D eigenvalue weighted by molar-refractivity contribution is -0.139. The highest BCUT2D eigenvalue weighted by atomic mass is 19.4. The molecule has 1 aromatic heterocycles. The second-order valence-electron chi connectivity index (χ2n) is 3.75. The molecular weight excluding hydrogens is 205 g/mol. The zero-order valence-electron chi connectivity index (χ0n) is 8.81. The van der Waals surface area contributed by atoms with E-state index in [0.29, 0.717) is 0 Å². The molecule has 0 atom stereocenters. The van der Waals surface area contributed by atoms with Crippen LogP contribution in [-0.2, 0) is 6.18 Å². The number of nitrogens with zero attached hydrogens (tertiary/aromatic N) is 1. The first kappa shape index (κ1) is 11.8. The average Bonchev–Trinajstić information content (AvgIpc) is 1.99. The van der Waals surface area contributed by atoms with Gasteiger partial charge in [0.2, 0.25) is 0 Å². The molecule has 2 nitrogen and oxygen atoms in total. The van der Waals surface area contributed by atoms with Crippen molar-refractivity contribution in [2.75, 3.05) is 5.73 Å².